The van der Waals surface area contributed by atoms with E-state index in [0.29, 0.717) is 0 Å². The number of anilines is 1. The monoisotopic (exact) mass is 365 g/mol. The number of hydrogen-bond acceptors (Lipinski definition) is 3. The van der Waals surface area contributed by atoms with Gasteiger partial charge in [-0.3, -0.25) is 4.79 Å². The highest BCUT2D eigenvalue weighted by molar-refractivity contribution is 9.10. The minimum atomic E-state index is -3.71. The molecule has 0 aliphatic carbocycles. The summed E-state index contributed by atoms with van der Waals surface area (Å²) in [6.45, 7) is 3.90. The maximum absolute atomic E-state index is 12.0. The summed E-state index contributed by atoms with van der Waals surface area (Å²) in [7, 11) is 1.64. The molecule has 1 fully saturated rings. The highest BCUT2D eigenvalue weighted by Gasteiger charge is 2.38. The number of aryl methyl sites for hydroxylation is 2. The molecule has 0 N–H and O–H groups in total. The molecule has 0 aromatic heterocycles. The highest BCUT2D eigenvalue weighted by Crippen LogP contribution is 2.33. The van der Waals surface area contributed by atoms with Crippen molar-refractivity contribution in [2.75, 3.05) is 11.4 Å². The van der Waals surface area contributed by atoms with Crippen molar-refractivity contribution >= 4 is 47.3 Å². The van der Waals surface area contributed by atoms with Crippen molar-refractivity contribution in [2.45, 2.75) is 25.5 Å². The van der Waals surface area contributed by atoms with Gasteiger partial charge in [0, 0.05) is 33.8 Å². The SMILES string of the molecule is Cc1cc(Br)cc(C)c1N1CC(S(=O)(=O)Cl)CC1=O. The fourth-order valence-electron chi connectivity index (χ4n) is 2.41. The highest BCUT2D eigenvalue weighted by atomic mass is 79.9. The summed E-state index contributed by atoms with van der Waals surface area (Å²) < 4.78 is 23.6. The predicted molar refractivity (Wildman–Crippen MR) is 79.1 cm³/mol. The summed E-state index contributed by atoms with van der Waals surface area (Å²) in [5.74, 6) is -0.206. The second-order valence-electron chi connectivity index (χ2n) is 4.69. The number of benzene rings is 1. The van der Waals surface area contributed by atoms with Crippen molar-refractivity contribution in [1.29, 1.82) is 0 Å². The molecule has 1 aliphatic heterocycles. The number of halogens is 2. The van der Waals surface area contributed by atoms with Gasteiger partial charge < -0.3 is 4.90 Å². The molecule has 1 unspecified atom stereocenters. The summed E-state index contributed by atoms with van der Waals surface area (Å²) in [6, 6.07) is 3.80. The molecule has 1 heterocycles. The number of carbonyl (C=O) groups is 1. The summed E-state index contributed by atoms with van der Waals surface area (Å²) in [6.07, 6.45) is -0.0548. The van der Waals surface area contributed by atoms with E-state index in [9.17, 15) is 13.2 Å². The number of nitrogens with zero attached hydrogens (tertiary/aromatic N) is 1. The fraction of sp³-hybridized carbons (Fsp3) is 0.417. The van der Waals surface area contributed by atoms with Gasteiger partial charge in [0.2, 0.25) is 15.0 Å². The first kappa shape index (κ1) is 14.8. The third kappa shape index (κ3) is 2.95. The minimum absolute atomic E-state index is 0.0548. The minimum Gasteiger partial charge on any atom is -0.310 e. The van der Waals surface area contributed by atoms with Crippen LogP contribution in [-0.2, 0) is 13.8 Å². The third-order valence-corrected chi connectivity index (χ3v) is 5.54. The molecular formula is C12H13BrClNO3S. The van der Waals surface area contributed by atoms with Crippen LogP contribution in [0.25, 0.3) is 0 Å². The van der Waals surface area contributed by atoms with Crippen LogP contribution in [-0.4, -0.2) is 26.1 Å². The largest absolute Gasteiger partial charge is 0.310 e. The first-order chi connectivity index (χ1) is 8.70. The lowest BCUT2D eigenvalue weighted by Gasteiger charge is -2.21. The number of rotatable bonds is 2. The molecule has 2 rings (SSSR count). The molecule has 7 heteroatoms. The van der Waals surface area contributed by atoms with Crippen LogP contribution in [0.1, 0.15) is 17.5 Å². The standard InChI is InChI=1S/C12H13BrClNO3S/c1-7-3-9(13)4-8(2)12(7)15-6-10(5-11(15)16)19(14,17)18/h3-4,10H,5-6H2,1-2H3. The molecule has 104 valence electrons. The van der Waals surface area contributed by atoms with E-state index in [0.717, 1.165) is 21.3 Å². The van der Waals surface area contributed by atoms with Crippen molar-refractivity contribution < 1.29 is 13.2 Å². The Morgan fingerprint density at radius 1 is 1.32 bits per heavy atom. The third-order valence-electron chi connectivity index (χ3n) is 3.21. The fourth-order valence-corrected chi connectivity index (χ4v) is 4.12. The van der Waals surface area contributed by atoms with Crippen LogP contribution < -0.4 is 4.90 Å². The lowest BCUT2D eigenvalue weighted by molar-refractivity contribution is -0.117. The Labute approximate surface area is 125 Å². The summed E-state index contributed by atoms with van der Waals surface area (Å²) in [5, 5.41) is -0.830. The smallest absolute Gasteiger partial charge is 0.237 e. The zero-order valence-electron chi connectivity index (χ0n) is 10.5. The summed E-state index contributed by atoms with van der Waals surface area (Å²) in [4.78, 5) is 13.5. The average molecular weight is 367 g/mol. The second-order valence-corrected chi connectivity index (χ2v) is 8.52. The zero-order chi connectivity index (χ0) is 14.4. The second kappa shape index (κ2) is 5.07. The molecule has 1 aliphatic rings. The molecular weight excluding hydrogens is 354 g/mol. The molecule has 0 bridgehead atoms. The van der Waals surface area contributed by atoms with Gasteiger partial charge in [0.15, 0.2) is 0 Å². The lowest BCUT2D eigenvalue weighted by atomic mass is 10.1. The van der Waals surface area contributed by atoms with Crippen molar-refractivity contribution in [1.82, 2.24) is 0 Å². The van der Waals surface area contributed by atoms with Crippen LogP contribution in [0.15, 0.2) is 16.6 Å². The first-order valence-electron chi connectivity index (χ1n) is 5.70. The Morgan fingerprint density at radius 3 is 2.26 bits per heavy atom. The van der Waals surface area contributed by atoms with E-state index in [4.69, 9.17) is 10.7 Å². The summed E-state index contributed by atoms with van der Waals surface area (Å²) >= 11 is 3.39. The zero-order valence-corrected chi connectivity index (χ0v) is 13.6. The molecule has 1 atom stereocenters. The Bertz CT molecular complexity index is 621. The molecule has 1 aromatic rings. The Hall–Kier alpha value is -0.590. The number of carbonyl (C=O) groups excluding carboxylic acids is 1. The Kier molecular flexibility index (Phi) is 3.95. The Morgan fingerprint density at radius 2 is 1.84 bits per heavy atom. The Balaban J connectivity index is 2.42. The number of amides is 1. The van der Waals surface area contributed by atoms with E-state index in [-0.39, 0.29) is 18.9 Å². The molecule has 0 saturated carbocycles. The molecule has 4 nitrogen and oxygen atoms in total. The van der Waals surface area contributed by atoms with E-state index in [1.54, 1.807) is 0 Å². The number of hydrogen-bond donors (Lipinski definition) is 0. The average Bonchev–Trinajstić information content (AvgIpc) is 2.59. The summed E-state index contributed by atoms with van der Waals surface area (Å²) in [5.41, 5.74) is 2.62. The van der Waals surface area contributed by atoms with Crippen LogP contribution in [0.2, 0.25) is 0 Å². The lowest BCUT2D eigenvalue weighted by Crippen LogP contribution is -2.28. The first-order valence-corrected chi connectivity index (χ1v) is 8.87. The van der Waals surface area contributed by atoms with Crippen LogP contribution in [0.3, 0.4) is 0 Å². The van der Waals surface area contributed by atoms with Crippen LogP contribution in [0, 0.1) is 13.8 Å². The molecule has 0 spiro atoms. The van der Waals surface area contributed by atoms with Gasteiger partial charge in [-0.1, -0.05) is 15.9 Å². The van der Waals surface area contributed by atoms with Gasteiger partial charge in [-0.05, 0) is 37.1 Å². The van der Waals surface area contributed by atoms with Crippen molar-refractivity contribution in [3.8, 4) is 0 Å². The van der Waals surface area contributed by atoms with Crippen LogP contribution >= 0.6 is 26.6 Å². The van der Waals surface area contributed by atoms with Gasteiger partial charge in [0.05, 0.1) is 0 Å². The normalized spacial score (nSPS) is 20.1. The quantitative estimate of drug-likeness (QED) is 0.756. The maximum Gasteiger partial charge on any atom is 0.237 e. The van der Waals surface area contributed by atoms with Gasteiger partial charge in [0.25, 0.3) is 0 Å². The molecule has 0 radical (unpaired) electrons. The van der Waals surface area contributed by atoms with Gasteiger partial charge >= 0.3 is 0 Å². The van der Waals surface area contributed by atoms with Crippen LogP contribution in [0.5, 0.6) is 0 Å². The van der Waals surface area contributed by atoms with Crippen molar-refractivity contribution in [3.63, 3.8) is 0 Å². The molecule has 19 heavy (non-hydrogen) atoms. The van der Waals surface area contributed by atoms with E-state index < -0.39 is 14.3 Å². The van der Waals surface area contributed by atoms with Gasteiger partial charge in [-0.25, -0.2) is 8.42 Å². The molecule has 1 saturated heterocycles. The van der Waals surface area contributed by atoms with E-state index in [2.05, 4.69) is 15.9 Å². The van der Waals surface area contributed by atoms with E-state index in [1.807, 2.05) is 26.0 Å². The van der Waals surface area contributed by atoms with Gasteiger partial charge in [0.1, 0.15) is 5.25 Å². The van der Waals surface area contributed by atoms with E-state index in [1.165, 1.54) is 4.90 Å². The van der Waals surface area contributed by atoms with Crippen molar-refractivity contribution in [2.24, 2.45) is 0 Å². The predicted octanol–water partition coefficient (Wildman–Crippen LogP) is 2.74. The molecule has 1 aromatic carbocycles. The van der Waals surface area contributed by atoms with Gasteiger partial charge in [-0.2, -0.15) is 0 Å². The molecule has 1 amide bonds. The van der Waals surface area contributed by atoms with E-state index >= 15 is 0 Å². The van der Waals surface area contributed by atoms with Crippen molar-refractivity contribution in [3.05, 3.63) is 27.7 Å². The van der Waals surface area contributed by atoms with Gasteiger partial charge in [-0.15, -0.1) is 0 Å². The topological polar surface area (TPSA) is 54.5 Å². The van der Waals surface area contributed by atoms with Crippen LogP contribution in [0.4, 0.5) is 5.69 Å². The maximum atomic E-state index is 12.0.